The third-order valence-electron chi connectivity index (χ3n) is 4.11. The molecule has 0 radical (unpaired) electrons. The van der Waals surface area contributed by atoms with E-state index in [1.54, 1.807) is 23.4 Å². The van der Waals surface area contributed by atoms with Crippen molar-refractivity contribution in [3.8, 4) is 0 Å². The highest BCUT2D eigenvalue weighted by atomic mass is 35.5. The van der Waals surface area contributed by atoms with Crippen molar-refractivity contribution in [3.05, 3.63) is 28.9 Å². The number of nitrogens with zero attached hydrogens (tertiary/aromatic N) is 5. The molecule has 2 aliphatic rings. The monoisotopic (exact) mass is 361 g/mol. The number of nitrogens with one attached hydrogen (secondary N) is 1. The lowest BCUT2D eigenvalue weighted by atomic mass is 10.1. The van der Waals surface area contributed by atoms with E-state index in [0.717, 1.165) is 13.1 Å². The maximum absolute atomic E-state index is 13.0. The number of rotatable bonds is 3. The number of carbonyl (C=O) groups is 1. The van der Waals surface area contributed by atoms with Crippen LogP contribution in [0.5, 0.6) is 0 Å². The molecule has 0 aliphatic carbocycles. The van der Waals surface area contributed by atoms with Crippen molar-refractivity contribution in [3.63, 3.8) is 0 Å². The van der Waals surface area contributed by atoms with E-state index in [-0.39, 0.29) is 17.0 Å². The lowest BCUT2D eigenvalue weighted by Gasteiger charge is -2.30. The summed E-state index contributed by atoms with van der Waals surface area (Å²) in [6, 6.07) is 0. The third-order valence-corrected chi connectivity index (χ3v) is 4.38. The highest BCUT2D eigenvalue weighted by molar-refractivity contribution is 6.41. The highest BCUT2D eigenvalue weighted by Crippen LogP contribution is 2.40. The van der Waals surface area contributed by atoms with Gasteiger partial charge in [-0.1, -0.05) is 11.6 Å². The molecule has 4 rings (SSSR count). The smallest absolute Gasteiger partial charge is 0.261 e. The summed E-state index contributed by atoms with van der Waals surface area (Å²) in [4.78, 5) is 32.0. The van der Waals surface area contributed by atoms with Gasteiger partial charge in [-0.25, -0.2) is 9.97 Å². The number of hydrogen-bond donors (Lipinski definition) is 2. The number of aromatic nitrogens is 4. The molecular formula is C15H16ClN7O2. The molecule has 0 spiro atoms. The molecule has 1 saturated heterocycles. The Labute approximate surface area is 148 Å². The predicted molar refractivity (Wildman–Crippen MR) is 92.7 cm³/mol. The topological polar surface area (TPSA) is 113 Å². The van der Waals surface area contributed by atoms with E-state index in [9.17, 15) is 4.79 Å². The number of carbonyl (C=O) groups excluding carboxylic acids is 1. The Morgan fingerprint density at radius 2 is 2.16 bits per heavy atom. The maximum Gasteiger partial charge on any atom is 0.261 e. The van der Waals surface area contributed by atoms with Crippen LogP contribution in [0.4, 0.5) is 11.8 Å². The SMILES string of the molecule is Nc1nc(Cl)c2c(n1)N(CN1CCOCC1)C(=O)C2=Cc1ncc[nH]1. The van der Waals surface area contributed by atoms with Crippen LogP contribution in [-0.2, 0) is 9.53 Å². The van der Waals surface area contributed by atoms with Crippen molar-refractivity contribution in [1.82, 2.24) is 24.8 Å². The third kappa shape index (κ3) is 2.97. The number of fused-ring (bicyclic) bond motifs is 1. The van der Waals surface area contributed by atoms with Crippen LogP contribution in [-0.4, -0.2) is 63.7 Å². The van der Waals surface area contributed by atoms with E-state index in [0.29, 0.717) is 42.7 Å². The molecule has 9 nitrogen and oxygen atoms in total. The van der Waals surface area contributed by atoms with Gasteiger partial charge in [-0.15, -0.1) is 0 Å². The van der Waals surface area contributed by atoms with E-state index in [2.05, 4.69) is 24.8 Å². The largest absolute Gasteiger partial charge is 0.379 e. The van der Waals surface area contributed by atoms with Gasteiger partial charge in [0.15, 0.2) is 5.82 Å². The Balaban J connectivity index is 1.75. The second-order valence-corrected chi connectivity index (χ2v) is 6.07. The fourth-order valence-electron chi connectivity index (χ4n) is 2.91. The molecule has 10 heteroatoms. The van der Waals surface area contributed by atoms with E-state index in [1.807, 2.05) is 0 Å². The lowest BCUT2D eigenvalue weighted by Crippen LogP contribution is -2.45. The Hall–Kier alpha value is -2.49. The van der Waals surface area contributed by atoms with Gasteiger partial charge in [0.25, 0.3) is 5.91 Å². The zero-order chi connectivity index (χ0) is 17.4. The summed E-state index contributed by atoms with van der Waals surface area (Å²) in [5.41, 5.74) is 6.61. The van der Waals surface area contributed by atoms with Crippen LogP contribution in [0.25, 0.3) is 11.6 Å². The van der Waals surface area contributed by atoms with Gasteiger partial charge < -0.3 is 15.5 Å². The summed E-state index contributed by atoms with van der Waals surface area (Å²) in [7, 11) is 0. The number of amides is 1. The molecule has 0 aromatic carbocycles. The minimum absolute atomic E-state index is 0.0303. The highest BCUT2D eigenvalue weighted by Gasteiger charge is 2.38. The van der Waals surface area contributed by atoms with E-state index in [4.69, 9.17) is 22.1 Å². The van der Waals surface area contributed by atoms with Crippen molar-refractivity contribution in [2.75, 3.05) is 43.6 Å². The molecule has 2 aromatic heterocycles. The number of H-pyrrole nitrogens is 1. The molecule has 1 fully saturated rings. The van der Waals surface area contributed by atoms with E-state index >= 15 is 0 Å². The molecule has 0 saturated carbocycles. The number of morpholine rings is 1. The summed E-state index contributed by atoms with van der Waals surface area (Å²) in [5.74, 6) is 0.796. The molecule has 0 atom stereocenters. The predicted octanol–water partition coefficient (Wildman–Crippen LogP) is 0.612. The number of halogens is 1. The molecule has 4 heterocycles. The fraction of sp³-hybridized carbons (Fsp3) is 0.333. The summed E-state index contributed by atoms with van der Waals surface area (Å²) in [5, 5.41) is 0.151. The van der Waals surface area contributed by atoms with Crippen LogP contribution in [0.2, 0.25) is 5.15 Å². The Morgan fingerprint density at radius 3 is 2.88 bits per heavy atom. The van der Waals surface area contributed by atoms with Gasteiger partial charge in [0.1, 0.15) is 11.0 Å². The van der Waals surface area contributed by atoms with Crippen LogP contribution in [0.3, 0.4) is 0 Å². The first-order valence-corrected chi connectivity index (χ1v) is 8.17. The average molecular weight is 362 g/mol. The molecule has 1 amide bonds. The molecule has 2 aliphatic heterocycles. The normalized spacial score (nSPS) is 19.6. The van der Waals surface area contributed by atoms with E-state index in [1.165, 1.54) is 0 Å². The zero-order valence-electron chi connectivity index (χ0n) is 13.3. The molecule has 25 heavy (non-hydrogen) atoms. The van der Waals surface area contributed by atoms with Crippen LogP contribution in [0, 0.1) is 0 Å². The summed E-state index contributed by atoms with van der Waals surface area (Å²) in [6.07, 6.45) is 4.94. The number of nitrogens with two attached hydrogens (primary N) is 1. The molecule has 0 unspecified atom stereocenters. The first kappa shape index (κ1) is 16.0. The molecule has 0 bridgehead atoms. The first-order chi connectivity index (χ1) is 12.1. The van der Waals surface area contributed by atoms with E-state index < -0.39 is 0 Å². The Morgan fingerprint density at radius 1 is 1.36 bits per heavy atom. The minimum Gasteiger partial charge on any atom is -0.379 e. The van der Waals surface area contributed by atoms with Gasteiger partial charge in [0, 0.05) is 25.5 Å². The van der Waals surface area contributed by atoms with Crippen LogP contribution in [0.15, 0.2) is 12.4 Å². The summed E-state index contributed by atoms with van der Waals surface area (Å²) in [6.45, 7) is 3.14. The quantitative estimate of drug-likeness (QED) is 0.608. The Kier molecular flexibility index (Phi) is 4.12. The zero-order valence-corrected chi connectivity index (χ0v) is 14.0. The standard InChI is InChI=1S/C15H16ClN7O2/c16-12-11-9(7-10-18-1-2-19-10)14(24)23(13(11)21-15(17)20-12)8-22-3-5-25-6-4-22/h1-2,7H,3-6,8H2,(H,18,19)(H2,17,20,21). The van der Waals surface area contributed by atoms with Gasteiger partial charge in [0.05, 0.1) is 31.0 Å². The van der Waals surface area contributed by atoms with Gasteiger partial charge >= 0.3 is 0 Å². The molecular weight excluding hydrogens is 346 g/mol. The van der Waals surface area contributed by atoms with Crippen molar-refractivity contribution < 1.29 is 9.53 Å². The molecule has 130 valence electrons. The second-order valence-electron chi connectivity index (χ2n) is 5.71. The van der Waals surface area contributed by atoms with Crippen LogP contribution in [0.1, 0.15) is 11.4 Å². The van der Waals surface area contributed by atoms with Crippen molar-refractivity contribution in [2.24, 2.45) is 0 Å². The van der Waals surface area contributed by atoms with Crippen molar-refractivity contribution in [2.45, 2.75) is 0 Å². The van der Waals surface area contributed by atoms with Gasteiger partial charge in [-0.3, -0.25) is 14.6 Å². The average Bonchev–Trinajstić information content (AvgIpc) is 3.19. The van der Waals surface area contributed by atoms with Gasteiger partial charge in [0.2, 0.25) is 5.95 Å². The first-order valence-electron chi connectivity index (χ1n) is 7.80. The Bertz CT molecular complexity index is 831. The molecule has 3 N–H and O–H groups in total. The van der Waals surface area contributed by atoms with Crippen molar-refractivity contribution in [1.29, 1.82) is 0 Å². The number of hydrogen-bond acceptors (Lipinski definition) is 7. The number of anilines is 2. The summed E-state index contributed by atoms with van der Waals surface area (Å²) >= 11 is 6.27. The van der Waals surface area contributed by atoms with Crippen LogP contribution >= 0.6 is 11.6 Å². The maximum atomic E-state index is 13.0. The summed E-state index contributed by atoms with van der Waals surface area (Å²) < 4.78 is 5.35. The van der Waals surface area contributed by atoms with Crippen LogP contribution < -0.4 is 10.6 Å². The number of ether oxygens (including phenoxy) is 1. The molecule has 2 aromatic rings. The second kappa shape index (κ2) is 6.43. The van der Waals surface area contributed by atoms with Gasteiger partial charge in [-0.05, 0) is 6.08 Å². The minimum atomic E-state index is -0.209. The lowest BCUT2D eigenvalue weighted by molar-refractivity contribution is -0.113. The number of nitrogen functional groups attached to an aromatic ring is 1. The number of aromatic amines is 1. The van der Waals surface area contributed by atoms with Gasteiger partial charge in [-0.2, -0.15) is 4.98 Å². The number of imidazole rings is 1. The van der Waals surface area contributed by atoms with Crippen molar-refractivity contribution >= 4 is 40.9 Å². The fourth-order valence-corrected chi connectivity index (χ4v) is 3.19.